The van der Waals surface area contributed by atoms with E-state index in [1.165, 1.54) is 4.90 Å². The van der Waals surface area contributed by atoms with Crippen molar-refractivity contribution in [1.82, 2.24) is 14.7 Å². The number of hydrogen-bond acceptors (Lipinski definition) is 4. The Bertz CT molecular complexity index is 816. The Labute approximate surface area is 149 Å². The lowest BCUT2D eigenvalue weighted by Gasteiger charge is -2.32. The molecule has 0 saturated carbocycles. The van der Waals surface area contributed by atoms with E-state index in [9.17, 15) is 14.7 Å². The third kappa shape index (κ3) is 3.25. The molecule has 1 aliphatic rings. The fourth-order valence-corrected chi connectivity index (χ4v) is 2.96. The Morgan fingerprint density at radius 1 is 1.28 bits per heavy atom. The van der Waals surface area contributed by atoms with E-state index >= 15 is 0 Å². The molecule has 1 atom stereocenters. The molecule has 25 heavy (non-hydrogen) atoms. The molecular weight excluding hydrogens is 346 g/mol. The van der Waals surface area contributed by atoms with E-state index in [1.807, 2.05) is 13.8 Å². The maximum absolute atomic E-state index is 12.7. The van der Waals surface area contributed by atoms with Gasteiger partial charge < -0.3 is 14.7 Å². The summed E-state index contributed by atoms with van der Waals surface area (Å²) in [4.78, 5) is 25.3. The SMILES string of the molecule is Cc1nn(-c2ccc(C(=O)N3CCOCC3C(=O)O)cc2)c(C)c1Cl. The number of nitrogens with zero attached hydrogens (tertiary/aromatic N) is 3. The molecule has 7 nitrogen and oxygen atoms in total. The van der Waals surface area contributed by atoms with E-state index in [4.69, 9.17) is 16.3 Å². The lowest BCUT2D eigenvalue weighted by molar-refractivity contribution is -0.147. The number of aliphatic carboxylic acids is 1. The molecule has 0 bridgehead atoms. The van der Waals surface area contributed by atoms with Gasteiger partial charge in [-0.2, -0.15) is 5.10 Å². The number of morpholine rings is 1. The standard InChI is InChI=1S/C17H18ClN3O4/c1-10-15(18)11(2)21(19-10)13-5-3-12(4-6-13)16(22)20-7-8-25-9-14(20)17(23)24/h3-6,14H,7-9H2,1-2H3,(H,23,24). The average Bonchev–Trinajstić information content (AvgIpc) is 2.88. The topological polar surface area (TPSA) is 84.7 Å². The lowest BCUT2D eigenvalue weighted by Crippen LogP contribution is -2.52. The second kappa shape index (κ2) is 6.85. The fourth-order valence-electron chi connectivity index (χ4n) is 2.84. The van der Waals surface area contributed by atoms with Gasteiger partial charge in [-0.05, 0) is 38.1 Å². The third-order valence-electron chi connectivity index (χ3n) is 4.24. The number of hydrogen-bond donors (Lipinski definition) is 1. The number of carbonyl (C=O) groups excluding carboxylic acids is 1. The van der Waals surface area contributed by atoms with Crippen LogP contribution in [0.5, 0.6) is 0 Å². The molecule has 0 radical (unpaired) electrons. The highest BCUT2D eigenvalue weighted by Crippen LogP contribution is 2.23. The largest absolute Gasteiger partial charge is 0.480 e. The van der Waals surface area contributed by atoms with Gasteiger partial charge >= 0.3 is 5.97 Å². The van der Waals surface area contributed by atoms with Gasteiger partial charge in [0.1, 0.15) is 0 Å². The maximum atomic E-state index is 12.7. The molecule has 1 aromatic carbocycles. The predicted molar refractivity (Wildman–Crippen MR) is 91.3 cm³/mol. The molecule has 0 spiro atoms. The van der Waals surface area contributed by atoms with Gasteiger partial charge in [0.15, 0.2) is 6.04 Å². The van der Waals surface area contributed by atoms with Gasteiger partial charge in [0, 0.05) is 12.1 Å². The molecule has 1 aromatic heterocycles. The summed E-state index contributed by atoms with van der Waals surface area (Å²) in [5.41, 5.74) is 2.75. The second-order valence-electron chi connectivity index (χ2n) is 5.87. The highest BCUT2D eigenvalue weighted by Gasteiger charge is 2.33. The fraction of sp³-hybridized carbons (Fsp3) is 0.353. The molecule has 0 aliphatic carbocycles. The summed E-state index contributed by atoms with van der Waals surface area (Å²) in [5, 5.41) is 14.2. The molecule has 2 heterocycles. The van der Waals surface area contributed by atoms with Crippen molar-refractivity contribution in [3.05, 3.63) is 46.2 Å². The molecule has 2 aromatic rings. The Kier molecular flexibility index (Phi) is 4.78. The number of amides is 1. The van der Waals surface area contributed by atoms with Crippen LogP contribution in [-0.4, -0.2) is 57.5 Å². The van der Waals surface area contributed by atoms with E-state index in [0.29, 0.717) is 17.2 Å². The monoisotopic (exact) mass is 363 g/mol. The minimum atomic E-state index is -1.07. The number of rotatable bonds is 3. The smallest absolute Gasteiger partial charge is 0.328 e. The van der Waals surface area contributed by atoms with Crippen LogP contribution in [0.3, 0.4) is 0 Å². The first kappa shape index (κ1) is 17.4. The summed E-state index contributed by atoms with van der Waals surface area (Å²) in [5.74, 6) is -1.39. The van der Waals surface area contributed by atoms with Crippen LogP contribution < -0.4 is 0 Å². The first-order valence-electron chi connectivity index (χ1n) is 7.84. The van der Waals surface area contributed by atoms with Gasteiger partial charge in [-0.25, -0.2) is 9.48 Å². The van der Waals surface area contributed by atoms with E-state index < -0.39 is 12.0 Å². The number of carboxylic acid groups (broad SMARTS) is 1. The molecule has 1 fully saturated rings. The van der Waals surface area contributed by atoms with Crippen LogP contribution in [0.25, 0.3) is 5.69 Å². The van der Waals surface area contributed by atoms with Crippen LogP contribution in [0, 0.1) is 13.8 Å². The summed E-state index contributed by atoms with van der Waals surface area (Å²) in [6.45, 7) is 4.28. The third-order valence-corrected chi connectivity index (χ3v) is 4.78. The van der Waals surface area contributed by atoms with Crippen molar-refractivity contribution in [1.29, 1.82) is 0 Å². The first-order valence-corrected chi connectivity index (χ1v) is 8.21. The number of halogens is 1. The van der Waals surface area contributed by atoms with Crippen LogP contribution >= 0.6 is 11.6 Å². The minimum Gasteiger partial charge on any atom is -0.480 e. The predicted octanol–water partition coefficient (Wildman–Crippen LogP) is 2.07. The maximum Gasteiger partial charge on any atom is 0.328 e. The van der Waals surface area contributed by atoms with Crippen molar-refractivity contribution >= 4 is 23.5 Å². The lowest BCUT2D eigenvalue weighted by atomic mass is 10.1. The number of benzene rings is 1. The number of carbonyl (C=O) groups is 2. The van der Waals surface area contributed by atoms with Crippen molar-refractivity contribution in [2.75, 3.05) is 19.8 Å². The van der Waals surface area contributed by atoms with Crippen LogP contribution in [0.2, 0.25) is 5.02 Å². The average molecular weight is 364 g/mol. The van der Waals surface area contributed by atoms with Crippen LogP contribution in [0.1, 0.15) is 21.7 Å². The van der Waals surface area contributed by atoms with E-state index in [0.717, 1.165) is 17.1 Å². The van der Waals surface area contributed by atoms with E-state index in [2.05, 4.69) is 5.10 Å². The van der Waals surface area contributed by atoms with Crippen molar-refractivity contribution < 1.29 is 19.4 Å². The summed E-state index contributed by atoms with van der Waals surface area (Å²) < 4.78 is 6.87. The number of aromatic nitrogens is 2. The highest BCUT2D eigenvalue weighted by molar-refractivity contribution is 6.31. The zero-order valence-corrected chi connectivity index (χ0v) is 14.7. The molecule has 1 saturated heterocycles. The molecular formula is C17H18ClN3O4. The van der Waals surface area contributed by atoms with Gasteiger partial charge in [-0.15, -0.1) is 0 Å². The molecule has 1 amide bonds. The van der Waals surface area contributed by atoms with Gasteiger partial charge in [0.2, 0.25) is 0 Å². The van der Waals surface area contributed by atoms with Crippen LogP contribution in [0.15, 0.2) is 24.3 Å². The Hall–Kier alpha value is -2.38. The van der Waals surface area contributed by atoms with Crippen molar-refractivity contribution in [2.45, 2.75) is 19.9 Å². The zero-order chi connectivity index (χ0) is 18.1. The van der Waals surface area contributed by atoms with Gasteiger partial charge in [0.25, 0.3) is 5.91 Å². The summed E-state index contributed by atoms with van der Waals surface area (Å²) in [7, 11) is 0. The van der Waals surface area contributed by atoms with E-state index in [-0.39, 0.29) is 19.1 Å². The summed E-state index contributed by atoms with van der Waals surface area (Å²) in [6.07, 6.45) is 0. The summed E-state index contributed by atoms with van der Waals surface area (Å²) in [6, 6.07) is 5.89. The zero-order valence-electron chi connectivity index (χ0n) is 13.9. The second-order valence-corrected chi connectivity index (χ2v) is 6.25. The molecule has 132 valence electrons. The van der Waals surface area contributed by atoms with Crippen LogP contribution in [-0.2, 0) is 9.53 Å². The Morgan fingerprint density at radius 2 is 1.96 bits per heavy atom. The van der Waals surface area contributed by atoms with Crippen molar-refractivity contribution in [3.8, 4) is 5.69 Å². The van der Waals surface area contributed by atoms with Crippen molar-refractivity contribution in [2.24, 2.45) is 0 Å². The normalized spacial score (nSPS) is 17.6. The Morgan fingerprint density at radius 3 is 2.52 bits per heavy atom. The van der Waals surface area contributed by atoms with Gasteiger partial charge in [0.05, 0.1) is 35.3 Å². The van der Waals surface area contributed by atoms with Crippen LogP contribution in [0.4, 0.5) is 0 Å². The molecule has 1 aliphatic heterocycles. The molecule has 1 unspecified atom stereocenters. The minimum absolute atomic E-state index is 0.00339. The van der Waals surface area contributed by atoms with Gasteiger partial charge in [-0.3, -0.25) is 4.79 Å². The number of aryl methyl sites for hydroxylation is 1. The Balaban J connectivity index is 1.85. The van der Waals surface area contributed by atoms with Crippen molar-refractivity contribution in [3.63, 3.8) is 0 Å². The number of carboxylic acids is 1. The molecule has 8 heteroatoms. The first-order chi connectivity index (χ1) is 11.9. The molecule has 3 rings (SSSR count). The molecule has 1 N–H and O–H groups in total. The van der Waals surface area contributed by atoms with Gasteiger partial charge in [-0.1, -0.05) is 11.6 Å². The highest BCUT2D eigenvalue weighted by atomic mass is 35.5. The summed E-state index contributed by atoms with van der Waals surface area (Å²) >= 11 is 6.17. The van der Waals surface area contributed by atoms with E-state index in [1.54, 1.807) is 28.9 Å². The quantitative estimate of drug-likeness (QED) is 0.902. The number of ether oxygens (including phenoxy) is 1.